The van der Waals surface area contributed by atoms with Crippen LogP contribution in [0.3, 0.4) is 0 Å². The number of carboxylic acids is 1. The molecule has 0 radical (unpaired) electrons. The van der Waals surface area contributed by atoms with Crippen LogP contribution in [0.15, 0.2) is 95.0 Å². The Kier molecular flexibility index (Phi) is 13.2. The highest BCUT2D eigenvalue weighted by atomic mass is 32.1. The van der Waals surface area contributed by atoms with Crippen LogP contribution in [0, 0.1) is 0 Å². The quantitative estimate of drug-likeness (QED) is 0.117. The summed E-state index contributed by atoms with van der Waals surface area (Å²) in [4.78, 5) is 53.3. The van der Waals surface area contributed by atoms with Gasteiger partial charge in [-0.1, -0.05) is 10.3 Å². The van der Waals surface area contributed by atoms with E-state index in [1.807, 2.05) is 0 Å². The molecule has 9 heterocycles. The maximum absolute atomic E-state index is 13.2. The third-order valence-corrected chi connectivity index (χ3v) is 11.0. The Labute approximate surface area is 381 Å². The summed E-state index contributed by atoms with van der Waals surface area (Å²) < 4.78 is 124. The fourth-order valence-corrected chi connectivity index (χ4v) is 7.67. The van der Waals surface area contributed by atoms with Crippen molar-refractivity contribution in [2.45, 2.75) is 31.4 Å². The van der Waals surface area contributed by atoms with E-state index in [1.54, 1.807) is 28.0 Å². The van der Waals surface area contributed by atoms with Gasteiger partial charge in [0.2, 0.25) is 11.6 Å². The summed E-state index contributed by atoms with van der Waals surface area (Å²) in [6.45, 7) is -1.09. The standard InChI is InChI=1S/C20H13F5N8O2S.C17H10F3N7O3S.FH/c21-19(22)9-32(10-19)17(34)11-5-14(30-28-6-11)33(15-7-26-3-4-27-15)8-12-1-2-13(36-12)16-29-18(35-31-16)20(23,24)25;18-17(19,20)16-24-14(26-30-16)11-2-1-10(31-11)8-27(13-7-21-3-4-22-13)12-5-9(15(28)29)6-23-25-12;/h1-7H,8-10H2;1-7H,8H2,(H,28,29);1H/i/hT. The minimum atomic E-state index is -4.76. The third-order valence-electron chi connectivity index (χ3n) is 8.84. The van der Waals surface area contributed by atoms with Gasteiger partial charge in [-0.15, -0.1) is 32.9 Å². The predicted molar refractivity (Wildman–Crippen MR) is 215 cm³/mol. The second-order valence-electron chi connectivity index (χ2n) is 13.6. The molecule has 0 unspecified atom stereocenters. The molecule has 8 aromatic heterocycles. The minimum Gasteiger partial charge on any atom is -0.478 e. The van der Waals surface area contributed by atoms with Gasteiger partial charge < -0.3 is 28.9 Å². The smallest absolute Gasteiger partial charge is 0.471 e. The Bertz CT molecular complexity index is 3010. The number of anilines is 4. The number of alkyl halides is 8. The summed E-state index contributed by atoms with van der Waals surface area (Å²) in [7, 11) is 0. The first kappa shape index (κ1) is 46.4. The highest BCUT2D eigenvalue weighted by Crippen LogP contribution is 2.36. The summed E-state index contributed by atoms with van der Waals surface area (Å²) in [6, 6.07) is 9.13. The molecule has 0 saturated carbocycles. The van der Waals surface area contributed by atoms with Gasteiger partial charge in [-0.3, -0.25) is 19.5 Å². The SMILES string of the molecule is O=C(O)c1cnnc(N(Cc2ccc(-c3noc(C(F)(F)F)n3)s2)c2cnccn2)c1.O=C(c1cnnc(N(Cc2ccc(-c3noc(C(F)(F)F)n3)s2)c2cnccn2)c1)N1CC(F)(F)C1.[3H]F. The zero-order valence-corrected chi connectivity index (χ0v) is 35.1. The maximum Gasteiger partial charge on any atom is 0.471 e. The molecule has 1 saturated heterocycles. The Hall–Kier alpha value is -8.09. The van der Waals surface area contributed by atoms with Crippen LogP contribution in [-0.2, 0) is 25.4 Å². The number of halogens is 9. The molecule has 68 heavy (non-hydrogen) atoms. The van der Waals surface area contributed by atoms with Crippen LogP contribution < -0.4 is 9.80 Å². The monoisotopic (exact) mass is 995 g/mol. The lowest BCUT2D eigenvalue weighted by molar-refractivity contribution is -0.160. The summed E-state index contributed by atoms with van der Waals surface area (Å²) in [5.41, 5.74) is -0.0139. The zero-order chi connectivity index (χ0) is 49.5. The third kappa shape index (κ3) is 11.1. The van der Waals surface area contributed by atoms with E-state index in [4.69, 9.17) is 4.72 Å². The van der Waals surface area contributed by atoms with E-state index >= 15 is 0 Å². The van der Waals surface area contributed by atoms with Crippen molar-refractivity contribution in [1.82, 2.24) is 65.5 Å². The molecule has 1 N–H and O–H groups in total. The number of aromatic carboxylic acids is 1. The average Bonchev–Trinajstić information content (AvgIpc) is 4.18. The molecule has 31 heteroatoms. The lowest BCUT2D eigenvalue weighted by Crippen LogP contribution is -2.58. The van der Waals surface area contributed by atoms with Crippen LogP contribution in [0.1, 0.15) is 42.3 Å². The second-order valence-corrected chi connectivity index (χ2v) is 15.9. The largest absolute Gasteiger partial charge is 0.478 e. The molecule has 8 aromatic rings. The van der Waals surface area contributed by atoms with E-state index in [-0.39, 0.29) is 47.5 Å². The molecule has 352 valence electrons. The number of nitrogens with zero attached hydrogens (tertiary/aromatic N) is 15. The van der Waals surface area contributed by atoms with Crippen molar-refractivity contribution in [1.29, 1.82) is 1.45 Å². The normalized spacial score (nSPS) is 13.2. The number of likely N-dealkylation sites (tertiary alicyclic amines) is 1. The molecule has 0 spiro atoms. The van der Waals surface area contributed by atoms with Crippen LogP contribution in [0.25, 0.3) is 21.4 Å². The molecule has 20 nitrogen and oxygen atoms in total. The van der Waals surface area contributed by atoms with E-state index in [1.165, 1.54) is 61.6 Å². The maximum atomic E-state index is 13.2. The van der Waals surface area contributed by atoms with Crippen LogP contribution in [0.5, 0.6) is 0 Å². The van der Waals surface area contributed by atoms with E-state index in [2.05, 4.69) is 71.1 Å². The molecule has 0 atom stereocenters. The van der Waals surface area contributed by atoms with Gasteiger partial charge in [0, 0.05) is 34.5 Å². The molecular weight excluding hydrogens is 970 g/mol. The van der Waals surface area contributed by atoms with Gasteiger partial charge in [0.15, 0.2) is 23.3 Å². The number of carbonyl (C=O) groups excluding carboxylic acids is 1. The number of aromatic nitrogens is 12. The number of hydrogen-bond donors (Lipinski definition) is 1. The summed E-state index contributed by atoms with van der Waals surface area (Å²) >= 11 is 2.24. The number of carbonyl (C=O) groups is 2. The zero-order valence-electron chi connectivity index (χ0n) is 34.4. The first-order valence-corrected chi connectivity index (χ1v) is 20.2. The number of hydrogen-bond acceptors (Lipinski definition) is 20. The van der Waals surface area contributed by atoms with Gasteiger partial charge >= 0.3 is 30.1 Å². The van der Waals surface area contributed by atoms with Crippen molar-refractivity contribution < 1.29 is 63.6 Å². The van der Waals surface area contributed by atoms with Gasteiger partial charge in [0.1, 0.15) is 0 Å². The van der Waals surface area contributed by atoms with Crippen molar-refractivity contribution in [2.24, 2.45) is 0 Å². The summed E-state index contributed by atoms with van der Waals surface area (Å²) in [6.07, 6.45) is 1.50. The molecule has 1 amide bonds. The van der Waals surface area contributed by atoms with Crippen molar-refractivity contribution in [3.05, 3.63) is 119 Å². The van der Waals surface area contributed by atoms with Crippen molar-refractivity contribution in [2.75, 3.05) is 22.9 Å². The minimum absolute atomic E-state index is 0.0581. The van der Waals surface area contributed by atoms with E-state index in [9.17, 15) is 49.8 Å². The second kappa shape index (κ2) is 19.4. The van der Waals surface area contributed by atoms with Gasteiger partial charge in [0.25, 0.3) is 13.3 Å². The molecular formula is C37H24F9N15O5S2. The predicted octanol–water partition coefficient (Wildman–Crippen LogP) is 7.41. The van der Waals surface area contributed by atoms with Gasteiger partial charge in [-0.25, -0.2) is 23.5 Å². The topological polar surface area (TPSA) is 245 Å². The summed E-state index contributed by atoms with van der Waals surface area (Å²) in [5, 5.41) is 31.6. The van der Waals surface area contributed by atoms with E-state index in [0.29, 0.717) is 31.1 Å². The lowest BCUT2D eigenvalue weighted by atomic mass is 10.1. The Morgan fingerprint density at radius 3 is 1.56 bits per heavy atom. The highest BCUT2D eigenvalue weighted by molar-refractivity contribution is 7.15. The number of thiophene rings is 2. The van der Waals surface area contributed by atoms with Crippen LogP contribution >= 0.6 is 22.7 Å². The first-order chi connectivity index (χ1) is 32.9. The lowest BCUT2D eigenvalue weighted by Gasteiger charge is -2.38. The number of amides is 1. The summed E-state index contributed by atoms with van der Waals surface area (Å²) in [5.74, 6) is -6.92. The van der Waals surface area contributed by atoms with Crippen LogP contribution in [-0.4, -0.2) is 103 Å². The Balaban J connectivity index is 0.000000199. The van der Waals surface area contributed by atoms with Crippen LogP contribution in [0.4, 0.5) is 63.1 Å². The number of carboxylic acid groups (broad SMARTS) is 1. The fourth-order valence-electron chi connectivity index (χ4n) is 5.82. The molecule has 0 aromatic carbocycles. The number of rotatable bonds is 12. The molecule has 1 fully saturated rings. The van der Waals surface area contributed by atoms with Crippen LogP contribution in [0.2, 0.25) is 0 Å². The average molecular weight is 996 g/mol. The molecule has 0 bridgehead atoms. The fraction of sp³-hybridized carbons (Fsp3) is 0.189. The van der Waals surface area contributed by atoms with Crippen molar-refractivity contribution in [3.8, 4) is 21.4 Å². The van der Waals surface area contributed by atoms with E-state index < -0.39 is 55.0 Å². The van der Waals surface area contributed by atoms with Crippen molar-refractivity contribution >= 4 is 57.8 Å². The van der Waals surface area contributed by atoms with Gasteiger partial charge in [-0.2, -0.15) is 46.5 Å². The molecule has 1 aliphatic rings. The van der Waals surface area contributed by atoms with E-state index in [0.717, 1.165) is 33.8 Å². The van der Waals surface area contributed by atoms with Gasteiger partial charge in [-0.05, 0) is 36.4 Å². The first-order valence-electron chi connectivity index (χ1n) is 18.9. The van der Waals surface area contributed by atoms with Crippen molar-refractivity contribution in [3.63, 3.8) is 0 Å². The highest BCUT2D eigenvalue weighted by Gasteiger charge is 2.46. The van der Waals surface area contributed by atoms with Gasteiger partial charge in [0.05, 0.1) is 71.8 Å². The molecule has 0 aliphatic carbocycles. The molecule has 9 rings (SSSR count). The molecule has 1 aliphatic heterocycles. The Morgan fingerprint density at radius 2 is 1.16 bits per heavy atom. The Morgan fingerprint density at radius 1 is 0.706 bits per heavy atom.